The van der Waals surface area contributed by atoms with Crippen LogP contribution in [0.3, 0.4) is 0 Å². The summed E-state index contributed by atoms with van der Waals surface area (Å²) in [7, 11) is 0. The van der Waals surface area contributed by atoms with E-state index in [1.54, 1.807) is 12.4 Å². The lowest BCUT2D eigenvalue weighted by Crippen LogP contribution is -2.55. The Bertz CT molecular complexity index is 518. The fourth-order valence-corrected chi connectivity index (χ4v) is 3.08. The third-order valence-electron chi connectivity index (χ3n) is 4.54. The predicted octanol–water partition coefficient (Wildman–Crippen LogP) is 0.234. The van der Waals surface area contributed by atoms with E-state index in [9.17, 15) is 4.79 Å². The van der Waals surface area contributed by atoms with E-state index in [0.717, 1.165) is 38.7 Å². The lowest BCUT2D eigenvalue weighted by molar-refractivity contribution is -0.136. The van der Waals surface area contributed by atoms with Gasteiger partial charge in [0, 0.05) is 51.2 Å². The number of carbonyl (C=O) groups is 1. The third-order valence-corrected chi connectivity index (χ3v) is 4.54. The minimum Gasteiger partial charge on any atom is -0.376 e. The van der Waals surface area contributed by atoms with E-state index in [4.69, 9.17) is 4.74 Å². The Morgan fingerprint density at radius 3 is 2.61 bits per heavy atom. The van der Waals surface area contributed by atoms with Gasteiger partial charge < -0.3 is 14.5 Å². The highest BCUT2D eigenvalue weighted by Crippen LogP contribution is 2.13. The first-order valence-electron chi connectivity index (χ1n) is 8.29. The van der Waals surface area contributed by atoms with Crippen molar-refractivity contribution in [2.24, 2.45) is 0 Å². The van der Waals surface area contributed by atoms with Crippen molar-refractivity contribution in [3.8, 4) is 0 Å². The van der Waals surface area contributed by atoms with Gasteiger partial charge in [0.1, 0.15) is 0 Å². The zero-order valence-electron chi connectivity index (χ0n) is 13.9. The van der Waals surface area contributed by atoms with Crippen LogP contribution in [0.4, 0.5) is 5.95 Å². The quantitative estimate of drug-likeness (QED) is 0.795. The summed E-state index contributed by atoms with van der Waals surface area (Å²) in [4.78, 5) is 27.4. The van der Waals surface area contributed by atoms with Crippen molar-refractivity contribution in [1.82, 2.24) is 19.8 Å². The normalized spacial score (nSPS) is 26.3. The number of hydrogen-bond donors (Lipinski definition) is 0. The zero-order valence-corrected chi connectivity index (χ0v) is 13.9. The van der Waals surface area contributed by atoms with Gasteiger partial charge in [-0.05, 0) is 19.9 Å². The standard InChI is InChI=1S/C16H25N5O2/c1-13-12-23-14(2)10-21(13)11-15(22)19-6-8-20(9-7-19)16-17-4-3-5-18-16/h3-5,13-14H,6-12H2,1-2H3/t13-,14+/m1/s1. The van der Waals surface area contributed by atoms with E-state index in [0.29, 0.717) is 19.2 Å². The van der Waals surface area contributed by atoms with Crippen molar-refractivity contribution in [2.45, 2.75) is 26.0 Å². The molecule has 2 fully saturated rings. The Morgan fingerprint density at radius 2 is 1.91 bits per heavy atom. The smallest absolute Gasteiger partial charge is 0.236 e. The molecule has 0 unspecified atom stereocenters. The second-order valence-electron chi connectivity index (χ2n) is 6.34. The van der Waals surface area contributed by atoms with Gasteiger partial charge in [-0.2, -0.15) is 0 Å². The van der Waals surface area contributed by atoms with Crippen LogP contribution in [0.5, 0.6) is 0 Å². The molecule has 7 nitrogen and oxygen atoms in total. The molecule has 0 aliphatic carbocycles. The summed E-state index contributed by atoms with van der Waals surface area (Å²) < 4.78 is 5.62. The molecule has 0 aromatic carbocycles. The van der Waals surface area contributed by atoms with Crippen LogP contribution in [-0.4, -0.2) is 83.7 Å². The molecular weight excluding hydrogens is 294 g/mol. The Balaban J connectivity index is 1.50. The molecule has 2 aliphatic heterocycles. The summed E-state index contributed by atoms with van der Waals surface area (Å²) >= 11 is 0. The molecule has 7 heteroatoms. The lowest BCUT2D eigenvalue weighted by atomic mass is 10.2. The molecule has 2 aliphatic rings. The highest BCUT2D eigenvalue weighted by Gasteiger charge is 2.28. The second kappa shape index (κ2) is 7.23. The molecule has 3 heterocycles. The van der Waals surface area contributed by atoms with Crippen LogP contribution < -0.4 is 4.90 Å². The molecule has 0 bridgehead atoms. The van der Waals surface area contributed by atoms with Gasteiger partial charge in [0.05, 0.1) is 19.3 Å². The number of aromatic nitrogens is 2. The monoisotopic (exact) mass is 319 g/mol. The number of rotatable bonds is 3. The van der Waals surface area contributed by atoms with Crippen molar-refractivity contribution in [3.63, 3.8) is 0 Å². The molecule has 1 aromatic heterocycles. The number of morpholine rings is 1. The maximum absolute atomic E-state index is 12.6. The molecule has 2 saturated heterocycles. The first kappa shape index (κ1) is 16.1. The van der Waals surface area contributed by atoms with E-state index >= 15 is 0 Å². The Kier molecular flexibility index (Phi) is 5.07. The molecule has 3 rings (SSSR count). The molecule has 126 valence electrons. The van der Waals surface area contributed by atoms with E-state index in [2.05, 4.69) is 33.6 Å². The van der Waals surface area contributed by atoms with Gasteiger partial charge in [-0.3, -0.25) is 9.69 Å². The summed E-state index contributed by atoms with van der Waals surface area (Å²) in [5.74, 6) is 0.954. The molecular formula is C16H25N5O2. The van der Waals surface area contributed by atoms with Crippen LogP contribution in [0.25, 0.3) is 0 Å². The minimum atomic E-state index is 0.200. The molecule has 1 amide bonds. The van der Waals surface area contributed by atoms with Gasteiger partial charge in [-0.15, -0.1) is 0 Å². The summed E-state index contributed by atoms with van der Waals surface area (Å²) in [6.07, 6.45) is 3.70. The lowest BCUT2D eigenvalue weighted by Gasteiger charge is -2.39. The van der Waals surface area contributed by atoms with Crippen LogP contribution in [0.2, 0.25) is 0 Å². The average Bonchev–Trinajstić information content (AvgIpc) is 2.59. The highest BCUT2D eigenvalue weighted by atomic mass is 16.5. The molecule has 23 heavy (non-hydrogen) atoms. The summed E-state index contributed by atoms with van der Waals surface area (Å²) in [5, 5.41) is 0. The van der Waals surface area contributed by atoms with Crippen LogP contribution in [0, 0.1) is 0 Å². The van der Waals surface area contributed by atoms with E-state index in [1.807, 2.05) is 11.0 Å². The fourth-order valence-electron chi connectivity index (χ4n) is 3.08. The first-order valence-corrected chi connectivity index (χ1v) is 8.29. The molecule has 0 spiro atoms. The minimum absolute atomic E-state index is 0.200. The van der Waals surface area contributed by atoms with Gasteiger partial charge in [0.2, 0.25) is 11.9 Å². The second-order valence-corrected chi connectivity index (χ2v) is 6.34. The SMILES string of the molecule is C[C@@H]1CO[C@@H](C)CN1CC(=O)N1CCN(c2ncccn2)CC1. The molecule has 1 aromatic rings. The fraction of sp³-hybridized carbons (Fsp3) is 0.688. The Labute approximate surface area is 137 Å². The van der Waals surface area contributed by atoms with Gasteiger partial charge in [-0.1, -0.05) is 0 Å². The maximum atomic E-state index is 12.6. The average molecular weight is 319 g/mol. The van der Waals surface area contributed by atoms with Gasteiger partial charge in [-0.25, -0.2) is 9.97 Å². The maximum Gasteiger partial charge on any atom is 0.236 e. The van der Waals surface area contributed by atoms with Crippen molar-refractivity contribution < 1.29 is 9.53 Å². The Morgan fingerprint density at radius 1 is 1.22 bits per heavy atom. The van der Waals surface area contributed by atoms with Crippen molar-refractivity contribution in [3.05, 3.63) is 18.5 Å². The van der Waals surface area contributed by atoms with Gasteiger partial charge in [0.25, 0.3) is 0 Å². The van der Waals surface area contributed by atoms with E-state index in [-0.39, 0.29) is 12.0 Å². The highest BCUT2D eigenvalue weighted by molar-refractivity contribution is 5.78. The number of carbonyl (C=O) groups excluding carboxylic acids is 1. The summed E-state index contributed by atoms with van der Waals surface area (Å²) in [5.41, 5.74) is 0. The number of hydrogen-bond acceptors (Lipinski definition) is 6. The largest absolute Gasteiger partial charge is 0.376 e. The Hall–Kier alpha value is -1.73. The predicted molar refractivity (Wildman–Crippen MR) is 87.3 cm³/mol. The van der Waals surface area contributed by atoms with E-state index in [1.165, 1.54) is 0 Å². The van der Waals surface area contributed by atoms with Crippen LogP contribution >= 0.6 is 0 Å². The number of anilines is 1. The topological polar surface area (TPSA) is 61.8 Å². The number of piperazine rings is 1. The van der Waals surface area contributed by atoms with Crippen LogP contribution in [0.1, 0.15) is 13.8 Å². The number of amides is 1. The van der Waals surface area contributed by atoms with E-state index < -0.39 is 0 Å². The summed E-state index contributed by atoms with van der Waals surface area (Å²) in [6.45, 7) is 9.20. The zero-order chi connectivity index (χ0) is 16.2. The molecule has 0 radical (unpaired) electrons. The van der Waals surface area contributed by atoms with Crippen molar-refractivity contribution in [1.29, 1.82) is 0 Å². The van der Waals surface area contributed by atoms with Crippen molar-refractivity contribution >= 4 is 11.9 Å². The third kappa shape index (κ3) is 3.97. The molecule has 0 N–H and O–H groups in total. The van der Waals surface area contributed by atoms with Crippen LogP contribution in [-0.2, 0) is 9.53 Å². The molecule has 2 atom stereocenters. The first-order chi connectivity index (χ1) is 11.1. The number of ether oxygens (including phenoxy) is 1. The molecule has 0 saturated carbocycles. The summed E-state index contributed by atoms with van der Waals surface area (Å²) in [6, 6.07) is 2.11. The van der Waals surface area contributed by atoms with Crippen LogP contribution in [0.15, 0.2) is 18.5 Å². The number of nitrogens with zero attached hydrogens (tertiary/aromatic N) is 5. The van der Waals surface area contributed by atoms with Gasteiger partial charge in [0.15, 0.2) is 0 Å². The van der Waals surface area contributed by atoms with Crippen molar-refractivity contribution in [2.75, 3.05) is 50.8 Å². The van der Waals surface area contributed by atoms with Gasteiger partial charge >= 0.3 is 0 Å².